The molecule has 1 unspecified atom stereocenters. The zero-order chi connectivity index (χ0) is 17.1. The van der Waals surface area contributed by atoms with E-state index in [4.69, 9.17) is 21.4 Å². The molecule has 1 aromatic rings. The molecule has 1 amide bonds. The van der Waals surface area contributed by atoms with Crippen molar-refractivity contribution < 1.29 is 32.6 Å². The van der Waals surface area contributed by atoms with Crippen LogP contribution < -0.4 is 4.74 Å². The second kappa shape index (κ2) is 6.87. The van der Waals surface area contributed by atoms with E-state index in [2.05, 4.69) is 0 Å². The number of rotatable bonds is 5. The summed E-state index contributed by atoms with van der Waals surface area (Å²) < 4.78 is 42.1. The van der Waals surface area contributed by atoms with E-state index in [1.54, 1.807) is 0 Å². The first-order valence-corrected chi connectivity index (χ1v) is 6.41. The largest absolute Gasteiger partial charge is 0.490 e. The Bertz CT molecular complexity index is 577. The summed E-state index contributed by atoms with van der Waals surface area (Å²) >= 11 is 5.82. The molecule has 0 saturated heterocycles. The van der Waals surface area contributed by atoms with Crippen molar-refractivity contribution in [2.24, 2.45) is 0 Å². The molecular formula is C13H13ClF3NO4. The van der Waals surface area contributed by atoms with E-state index in [1.165, 1.54) is 19.1 Å². The molecule has 0 bridgehead atoms. The fourth-order valence-electron chi connectivity index (χ4n) is 1.47. The normalized spacial score (nSPS) is 12.6. The number of likely N-dealkylation sites (N-methyl/N-ethyl adjacent to an activating group) is 1. The van der Waals surface area contributed by atoms with Gasteiger partial charge in [0.2, 0.25) is 0 Å². The van der Waals surface area contributed by atoms with E-state index >= 15 is 0 Å². The minimum Gasteiger partial charge on any atom is -0.490 e. The Balaban J connectivity index is 2.70. The van der Waals surface area contributed by atoms with E-state index in [9.17, 15) is 22.8 Å². The monoisotopic (exact) mass is 339 g/mol. The van der Waals surface area contributed by atoms with Crippen LogP contribution in [-0.4, -0.2) is 47.8 Å². The Kier molecular flexibility index (Phi) is 5.65. The van der Waals surface area contributed by atoms with Gasteiger partial charge in [0.05, 0.1) is 16.6 Å². The molecule has 122 valence electrons. The fourth-order valence-corrected chi connectivity index (χ4v) is 1.71. The number of benzene rings is 1. The van der Waals surface area contributed by atoms with Crippen LogP contribution in [0.1, 0.15) is 17.3 Å². The highest BCUT2D eigenvalue weighted by molar-refractivity contribution is 6.32. The molecule has 0 aliphatic rings. The number of carboxylic acids is 1. The van der Waals surface area contributed by atoms with Gasteiger partial charge >= 0.3 is 18.1 Å². The van der Waals surface area contributed by atoms with Crippen LogP contribution >= 0.6 is 11.6 Å². The summed E-state index contributed by atoms with van der Waals surface area (Å²) in [5.74, 6) is -3.03. The minimum absolute atomic E-state index is 0.0110. The first-order chi connectivity index (χ1) is 10.0. The maximum absolute atomic E-state index is 12.3. The van der Waals surface area contributed by atoms with Gasteiger partial charge < -0.3 is 14.7 Å². The number of hydrogen-bond donors (Lipinski definition) is 1. The molecule has 1 N–H and O–H groups in total. The predicted molar refractivity (Wildman–Crippen MR) is 72.2 cm³/mol. The highest BCUT2D eigenvalue weighted by Gasteiger charge is 2.42. The lowest BCUT2D eigenvalue weighted by atomic mass is 10.2. The average molecular weight is 340 g/mol. The Hall–Kier alpha value is -1.96. The fraction of sp³-hybridized carbons (Fsp3) is 0.385. The van der Waals surface area contributed by atoms with Gasteiger partial charge in [0, 0.05) is 7.05 Å². The van der Waals surface area contributed by atoms with Crippen LogP contribution in [0, 0.1) is 0 Å². The molecule has 22 heavy (non-hydrogen) atoms. The standard InChI is InChI=1S/C13H13ClF3NO4/c1-7(18(2)12(21)13(15,16)17)6-22-10-4-3-8(11(19)20)5-9(10)14/h3-5,7H,6H2,1-2H3,(H,19,20). The third-order valence-corrected chi connectivity index (χ3v) is 3.18. The molecule has 9 heteroatoms. The second-order valence-corrected chi connectivity index (χ2v) is 4.93. The maximum Gasteiger partial charge on any atom is 0.471 e. The molecular weight excluding hydrogens is 327 g/mol. The Morgan fingerprint density at radius 2 is 2.00 bits per heavy atom. The summed E-state index contributed by atoms with van der Waals surface area (Å²) in [4.78, 5) is 22.3. The highest BCUT2D eigenvalue weighted by atomic mass is 35.5. The SMILES string of the molecule is CC(COc1ccc(C(=O)O)cc1Cl)N(C)C(=O)C(F)(F)F. The van der Waals surface area contributed by atoms with Gasteiger partial charge in [0.25, 0.3) is 0 Å². The molecule has 0 aliphatic carbocycles. The van der Waals surface area contributed by atoms with Crippen molar-refractivity contribution >= 4 is 23.5 Å². The zero-order valence-corrected chi connectivity index (χ0v) is 12.4. The van der Waals surface area contributed by atoms with Gasteiger partial charge in [-0.15, -0.1) is 0 Å². The third kappa shape index (κ3) is 4.52. The Morgan fingerprint density at radius 3 is 2.45 bits per heavy atom. The lowest BCUT2D eigenvalue weighted by Crippen LogP contribution is -2.45. The van der Waals surface area contributed by atoms with E-state index < -0.39 is 24.1 Å². The molecule has 0 heterocycles. The predicted octanol–water partition coefficient (Wildman–Crippen LogP) is 2.83. The van der Waals surface area contributed by atoms with E-state index in [-0.39, 0.29) is 22.9 Å². The van der Waals surface area contributed by atoms with E-state index in [0.29, 0.717) is 4.90 Å². The van der Waals surface area contributed by atoms with Crippen LogP contribution in [0.5, 0.6) is 5.75 Å². The summed E-state index contributed by atoms with van der Waals surface area (Å²) in [5.41, 5.74) is -0.0465. The number of carbonyl (C=O) groups excluding carboxylic acids is 1. The van der Waals surface area contributed by atoms with Gasteiger partial charge in [-0.2, -0.15) is 13.2 Å². The minimum atomic E-state index is -4.95. The van der Waals surface area contributed by atoms with Crippen LogP contribution in [-0.2, 0) is 4.79 Å². The number of nitrogens with zero attached hydrogens (tertiary/aromatic N) is 1. The van der Waals surface area contributed by atoms with Crippen LogP contribution in [0.4, 0.5) is 13.2 Å². The number of carbonyl (C=O) groups is 2. The van der Waals surface area contributed by atoms with E-state index in [1.807, 2.05) is 0 Å². The van der Waals surface area contributed by atoms with Gasteiger partial charge in [-0.05, 0) is 25.1 Å². The van der Waals surface area contributed by atoms with Gasteiger partial charge in [-0.1, -0.05) is 11.6 Å². The molecule has 0 radical (unpaired) electrons. The van der Waals surface area contributed by atoms with Gasteiger partial charge in [0.15, 0.2) is 0 Å². The van der Waals surface area contributed by atoms with Gasteiger partial charge in [-0.3, -0.25) is 4.79 Å². The summed E-state index contributed by atoms with van der Waals surface area (Å²) in [7, 11) is 1.01. The smallest absolute Gasteiger partial charge is 0.471 e. The van der Waals surface area contributed by atoms with Crippen molar-refractivity contribution in [1.82, 2.24) is 4.90 Å². The lowest BCUT2D eigenvalue weighted by Gasteiger charge is -2.25. The summed E-state index contributed by atoms with van der Waals surface area (Å²) in [6.07, 6.45) is -4.95. The van der Waals surface area contributed by atoms with Crippen molar-refractivity contribution in [3.05, 3.63) is 28.8 Å². The van der Waals surface area contributed by atoms with Crippen molar-refractivity contribution in [1.29, 1.82) is 0 Å². The van der Waals surface area contributed by atoms with Crippen molar-refractivity contribution in [2.45, 2.75) is 19.1 Å². The van der Waals surface area contributed by atoms with Crippen molar-refractivity contribution in [2.75, 3.05) is 13.7 Å². The first kappa shape index (κ1) is 18.1. The average Bonchev–Trinajstić information content (AvgIpc) is 2.42. The molecule has 1 atom stereocenters. The number of carboxylic acid groups (broad SMARTS) is 1. The summed E-state index contributed by atoms with van der Waals surface area (Å²) in [6.45, 7) is 1.15. The molecule has 1 rings (SSSR count). The van der Waals surface area contributed by atoms with Crippen LogP contribution in [0.2, 0.25) is 5.02 Å². The van der Waals surface area contributed by atoms with Crippen molar-refractivity contribution in [3.8, 4) is 5.75 Å². The molecule has 0 fully saturated rings. The number of halogens is 4. The van der Waals surface area contributed by atoms with Gasteiger partial charge in [0.1, 0.15) is 12.4 Å². The number of ether oxygens (including phenoxy) is 1. The zero-order valence-electron chi connectivity index (χ0n) is 11.6. The van der Waals surface area contributed by atoms with Gasteiger partial charge in [-0.25, -0.2) is 4.79 Å². The number of aromatic carboxylic acids is 1. The van der Waals surface area contributed by atoms with Crippen LogP contribution in [0.3, 0.4) is 0 Å². The van der Waals surface area contributed by atoms with Crippen LogP contribution in [0.25, 0.3) is 0 Å². The highest BCUT2D eigenvalue weighted by Crippen LogP contribution is 2.26. The molecule has 0 aromatic heterocycles. The maximum atomic E-state index is 12.3. The van der Waals surface area contributed by atoms with E-state index in [0.717, 1.165) is 13.1 Å². The third-order valence-electron chi connectivity index (χ3n) is 2.88. The molecule has 0 saturated carbocycles. The topological polar surface area (TPSA) is 66.8 Å². The van der Waals surface area contributed by atoms with Crippen LogP contribution in [0.15, 0.2) is 18.2 Å². The quantitative estimate of drug-likeness (QED) is 0.895. The summed E-state index contributed by atoms with van der Waals surface area (Å²) in [5, 5.41) is 8.79. The first-order valence-electron chi connectivity index (χ1n) is 6.03. The second-order valence-electron chi connectivity index (χ2n) is 4.52. The molecule has 1 aromatic carbocycles. The Morgan fingerprint density at radius 1 is 1.41 bits per heavy atom. The Labute approximate surface area is 129 Å². The number of amides is 1. The molecule has 0 aliphatic heterocycles. The number of hydrogen-bond acceptors (Lipinski definition) is 3. The molecule has 0 spiro atoms. The van der Waals surface area contributed by atoms with Crippen molar-refractivity contribution in [3.63, 3.8) is 0 Å². The molecule has 5 nitrogen and oxygen atoms in total. The number of alkyl halides is 3. The summed E-state index contributed by atoms with van der Waals surface area (Å²) in [6, 6.07) is 2.85. The lowest BCUT2D eigenvalue weighted by molar-refractivity contribution is -0.186.